The van der Waals surface area contributed by atoms with Crippen LogP contribution in [0.5, 0.6) is 17.2 Å². The SMILES string of the molecule is CCCOc1ccc(N2C(=O)[C@@H]3[C@@H](ON(c4ccccc4)[C@H]3c3ccc(OCCC)c(OCC)c3)C2=O)cc1. The van der Waals surface area contributed by atoms with Crippen molar-refractivity contribution in [3.8, 4) is 17.2 Å². The number of carbonyl (C=O) groups is 2. The first kappa shape index (κ1) is 26.6. The Morgan fingerprint density at radius 3 is 2.15 bits per heavy atom. The zero-order valence-corrected chi connectivity index (χ0v) is 22.5. The number of rotatable bonds is 11. The van der Waals surface area contributed by atoms with E-state index < -0.39 is 18.1 Å². The second kappa shape index (κ2) is 11.8. The number of anilines is 2. The molecule has 2 fully saturated rings. The Labute approximate surface area is 229 Å². The normalized spacial score (nSPS) is 20.3. The number of hydrogen-bond acceptors (Lipinski definition) is 7. The van der Waals surface area contributed by atoms with E-state index in [4.69, 9.17) is 19.0 Å². The molecule has 0 unspecified atom stereocenters. The van der Waals surface area contributed by atoms with E-state index in [0.29, 0.717) is 42.8 Å². The van der Waals surface area contributed by atoms with E-state index in [1.807, 2.05) is 69.3 Å². The molecule has 3 aromatic rings. The summed E-state index contributed by atoms with van der Waals surface area (Å²) < 4.78 is 17.5. The molecule has 0 N–H and O–H groups in total. The predicted molar refractivity (Wildman–Crippen MR) is 148 cm³/mol. The number of para-hydroxylation sites is 1. The molecule has 0 aliphatic carbocycles. The third-order valence-electron chi connectivity index (χ3n) is 6.76. The lowest BCUT2D eigenvalue weighted by Crippen LogP contribution is -2.37. The molecule has 0 aromatic heterocycles. The van der Waals surface area contributed by atoms with Crippen LogP contribution in [0.15, 0.2) is 72.8 Å². The molecule has 204 valence electrons. The summed E-state index contributed by atoms with van der Waals surface area (Å²) in [5.41, 5.74) is 2.05. The van der Waals surface area contributed by atoms with Gasteiger partial charge in [-0.05, 0) is 73.9 Å². The Balaban J connectivity index is 1.51. The molecule has 2 aliphatic rings. The summed E-state index contributed by atoms with van der Waals surface area (Å²) in [6.07, 6.45) is 0.806. The lowest BCUT2D eigenvalue weighted by Gasteiger charge is -2.29. The number of benzene rings is 3. The number of nitrogens with zero attached hydrogens (tertiary/aromatic N) is 2. The van der Waals surface area contributed by atoms with E-state index in [9.17, 15) is 9.59 Å². The van der Waals surface area contributed by atoms with Gasteiger partial charge in [0.25, 0.3) is 5.91 Å². The number of hydrogen-bond donors (Lipinski definition) is 0. The van der Waals surface area contributed by atoms with Crippen molar-refractivity contribution in [1.29, 1.82) is 0 Å². The van der Waals surface area contributed by atoms with Crippen LogP contribution in [0, 0.1) is 5.92 Å². The summed E-state index contributed by atoms with van der Waals surface area (Å²) in [4.78, 5) is 35.1. The standard InChI is InChI=1S/C31H34N2O6/c1-4-18-37-24-15-13-22(14-16-24)32-30(34)27-28(21-12-17-25(38-19-5-2)26(20-21)36-6-3)33(39-29(27)31(32)35)23-10-8-7-9-11-23/h7-17,20,27-29H,4-6,18-19H2,1-3H3/t27-,28-,29+/m0/s1. The zero-order chi connectivity index (χ0) is 27.4. The second-order valence-corrected chi connectivity index (χ2v) is 9.50. The highest BCUT2D eigenvalue weighted by molar-refractivity contribution is 6.23. The molecule has 8 nitrogen and oxygen atoms in total. The van der Waals surface area contributed by atoms with E-state index in [-0.39, 0.29) is 11.8 Å². The van der Waals surface area contributed by atoms with Gasteiger partial charge in [-0.15, -0.1) is 0 Å². The molecule has 0 saturated carbocycles. The maximum atomic E-state index is 13.9. The number of carbonyl (C=O) groups excluding carboxylic acids is 2. The van der Waals surface area contributed by atoms with E-state index in [2.05, 4.69) is 0 Å². The minimum atomic E-state index is -0.953. The second-order valence-electron chi connectivity index (χ2n) is 9.50. The van der Waals surface area contributed by atoms with Gasteiger partial charge in [0.1, 0.15) is 11.7 Å². The quantitative estimate of drug-likeness (QED) is 0.294. The first-order valence-corrected chi connectivity index (χ1v) is 13.6. The molecule has 2 heterocycles. The van der Waals surface area contributed by atoms with E-state index in [0.717, 1.165) is 24.1 Å². The minimum absolute atomic E-state index is 0.306. The van der Waals surface area contributed by atoms with Crippen molar-refractivity contribution >= 4 is 23.2 Å². The minimum Gasteiger partial charge on any atom is -0.494 e. The first-order chi connectivity index (χ1) is 19.1. The summed E-state index contributed by atoms with van der Waals surface area (Å²) >= 11 is 0. The third kappa shape index (κ3) is 5.16. The van der Waals surface area contributed by atoms with E-state index >= 15 is 0 Å². The number of hydroxylamine groups is 1. The van der Waals surface area contributed by atoms with Crippen molar-refractivity contribution in [3.63, 3.8) is 0 Å². The average molecular weight is 531 g/mol. The molecule has 8 heteroatoms. The topological polar surface area (TPSA) is 77.5 Å². The summed E-state index contributed by atoms with van der Waals surface area (Å²) in [6.45, 7) is 7.62. The monoisotopic (exact) mass is 530 g/mol. The molecule has 39 heavy (non-hydrogen) atoms. The van der Waals surface area contributed by atoms with Crippen LogP contribution >= 0.6 is 0 Å². The molecule has 2 amide bonds. The van der Waals surface area contributed by atoms with Crippen LogP contribution in [0.25, 0.3) is 0 Å². The van der Waals surface area contributed by atoms with Gasteiger partial charge in [0.2, 0.25) is 5.91 Å². The maximum absolute atomic E-state index is 13.9. The molecular formula is C31H34N2O6. The van der Waals surface area contributed by atoms with Crippen molar-refractivity contribution in [3.05, 3.63) is 78.4 Å². The number of ether oxygens (including phenoxy) is 3. The van der Waals surface area contributed by atoms with Gasteiger partial charge in [-0.3, -0.25) is 14.4 Å². The van der Waals surface area contributed by atoms with E-state index in [1.54, 1.807) is 29.3 Å². The van der Waals surface area contributed by atoms with Crippen LogP contribution in [0.1, 0.15) is 45.2 Å². The van der Waals surface area contributed by atoms with Crippen LogP contribution in [-0.2, 0) is 14.4 Å². The highest BCUT2D eigenvalue weighted by Crippen LogP contribution is 2.48. The molecule has 3 aromatic carbocycles. The molecule has 0 radical (unpaired) electrons. The molecule has 2 aliphatic heterocycles. The number of imide groups is 1. The summed E-state index contributed by atoms with van der Waals surface area (Å²) in [5, 5.41) is 1.68. The van der Waals surface area contributed by atoms with Crippen molar-refractivity contribution in [2.24, 2.45) is 5.92 Å². The van der Waals surface area contributed by atoms with Crippen LogP contribution in [0.4, 0.5) is 11.4 Å². The van der Waals surface area contributed by atoms with Crippen LogP contribution < -0.4 is 24.2 Å². The third-order valence-corrected chi connectivity index (χ3v) is 6.76. The Kier molecular flexibility index (Phi) is 8.02. The van der Waals surface area contributed by atoms with Crippen molar-refractivity contribution in [1.82, 2.24) is 0 Å². The van der Waals surface area contributed by atoms with Gasteiger partial charge in [-0.25, -0.2) is 9.96 Å². The maximum Gasteiger partial charge on any atom is 0.266 e. The lowest BCUT2D eigenvalue weighted by atomic mass is 9.90. The summed E-state index contributed by atoms with van der Waals surface area (Å²) in [7, 11) is 0. The summed E-state index contributed by atoms with van der Waals surface area (Å²) in [6, 6.07) is 21.6. The Morgan fingerprint density at radius 2 is 1.46 bits per heavy atom. The van der Waals surface area contributed by atoms with Crippen LogP contribution in [0.2, 0.25) is 0 Å². The molecule has 3 atom stereocenters. The fourth-order valence-electron chi connectivity index (χ4n) is 5.03. The number of amides is 2. The Bertz CT molecular complexity index is 1300. The molecule has 5 rings (SSSR count). The van der Waals surface area contributed by atoms with Gasteiger partial charge < -0.3 is 14.2 Å². The smallest absolute Gasteiger partial charge is 0.266 e. The Morgan fingerprint density at radius 1 is 0.744 bits per heavy atom. The first-order valence-electron chi connectivity index (χ1n) is 13.6. The van der Waals surface area contributed by atoms with Crippen LogP contribution in [0.3, 0.4) is 0 Å². The fourth-order valence-corrected chi connectivity index (χ4v) is 5.03. The van der Waals surface area contributed by atoms with Gasteiger partial charge in [0, 0.05) is 0 Å². The summed E-state index contributed by atoms with van der Waals surface area (Å²) in [5.74, 6) is 0.494. The van der Waals surface area contributed by atoms with Gasteiger partial charge in [0.05, 0.1) is 37.2 Å². The van der Waals surface area contributed by atoms with Gasteiger partial charge in [0.15, 0.2) is 17.6 Å². The van der Waals surface area contributed by atoms with Crippen molar-refractivity contribution in [2.75, 3.05) is 29.8 Å². The zero-order valence-electron chi connectivity index (χ0n) is 22.5. The van der Waals surface area contributed by atoms with Gasteiger partial charge in [-0.1, -0.05) is 38.1 Å². The van der Waals surface area contributed by atoms with E-state index in [1.165, 1.54) is 4.90 Å². The molecule has 0 bridgehead atoms. The largest absolute Gasteiger partial charge is 0.494 e. The van der Waals surface area contributed by atoms with Gasteiger partial charge >= 0.3 is 0 Å². The van der Waals surface area contributed by atoms with Crippen molar-refractivity contribution in [2.45, 2.75) is 45.8 Å². The predicted octanol–water partition coefficient (Wildman–Crippen LogP) is 5.71. The van der Waals surface area contributed by atoms with Crippen LogP contribution in [-0.4, -0.2) is 37.7 Å². The number of fused-ring (bicyclic) bond motifs is 1. The lowest BCUT2D eigenvalue weighted by molar-refractivity contribution is -0.126. The van der Waals surface area contributed by atoms with Gasteiger partial charge in [-0.2, -0.15) is 0 Å². The molecular weight excluding hydrogens is 496 g/mol. The highest BCUT2D eigenvalue weighted by Gasteiger charge is 2.60. The fraction of sp³-hybridized carbons (Fsp3) is 0.355. The highest BCUT2D eigenvalue weighted by atomic mass is 16.7. The Hall–Kier alpha value is -4.04. The van der Waals surface area contributed by atoms with Crippen molar-refractivity contribution < 1.29 is 28.6 Å². The molecule has 0 spiro atoms. The average Bonchev–Trinajstić information content (AvgIpc) is 3.47. The molecule has 2 saturated heterocycles.